The average molecular weight is 1760 g/mol. The van der Waals surface area contributed by atoms with E-state index in [4.69, 9.17) is 39.4 Å². The highest BCUT2D eigenvalue weighted by atomic mass is 32.2. The number of benzene rings is 17. The third-order valence-corrected chi connectivity index (χ3v) is 41.1. The first-order valence-corrected chi connectivity index (χ1v) is 51.0. The minimum absolute atomic E-state index is 0.646. The molecular formula is C118H82N8O2SSi3. The van der Waals surface area contributed by atoms with Gasteiger partial charge in [0.05, 0.1) is 0 Å². The van der Waals surface area contributed by atoms with Gasteiger partial charge in [0, 0.05) is 79.1 Å². The summed E-state index contributed by atoms with van der Waals surface area (Å²) in [6.07, 6.45) is 7.48. The van der Waals surface area contributed by atoms with Gasteiger partial charge in [-0.1, -0.05) is 418 Å². The number of fused-ring (bicyclic) bond motifs is 6. The van der Waals surface area contributed by atoms with Crippen molar-refractivity contribution in [2.75, 3.05) is 0 Å². The summed E-state index contributed by atoms with van der Waals surface area (Å²) in [5, 5.41) is 15.8. The summed E-state index contributed by atoms with van der Waals surface area (Å²) in [6, 6.07) is 167. The predicted octanol–water partition coefficient (Wildman–Crippen LogP) is 20.0. The number of hydrogen-bond acceptors (Lipinski definition) is 11. The van der Waals surface area contributed by atoms with Crippen LogP contribution in [0, 0.1) is 0 Å². The fourth-order valence-electron chi connectivity index (χ4n) is 19.2. The van der Waals surface area contributed by atoms with Crippen LogP contribution in [-0.2, 0) is 0 Å². The lowest BCUT2D eigenvalue weighted by Crippen LogP contribution is -2.76. The minimum atomic E-state index is -2.74. The fourth-order valence-corrected chi connectivity index (χ4v) is 36.1. The van der Waals surface area contributed by atoms with Crippen LogP contribution in [0.4, 0.5) is 0 Å². The molecule has 0 amide bonds. The van der Waals surface area contributed by atoms with Crippen molar-refractivity contribution in [3.8, 4) is 125 Å². The van der Waals surface area contributed by atoms with E-state index in [-0.39, 0.29) is 0 Å². The number of ether oxygens (including phenoxy) is 2. The predicted molar refractivity (Wildman–Crippen MR) is 546 cm³/mol. The van der Waals surface area contributed by atoms with Crippen LogP contribution < -0.4 is 71.7 Å². The van der Waals surface area contributed by atoms with Gasteiger partial charge in [-0.3, -0.25) is 9.97 Å². The van der Waals surface area contributed by atoms with Crippen molar-refractivity contribution in [1.29, 1.82) is 0 Å². The molecule has 0 atom stereocenters. The zero-order valence-electron chi connectivity index (χ0n) is 71.6. The molecule has 0 saturated carbocycles. The molecule has 21 aromatic rings. The van der Waals surface area contributed by atoms with Crippen LogP contribution in [0.1, 0.15) is 0 Å². The number of hydrogen-bond donors (Lipinski definition) is 0. The number of para-hydroxylation sites is 4. The highest BCUT2D eigenvalue weighted by Gasteiger charge is 2.51. The lowest BCUT2D eigenvalue weighted by atomic mass is 9.94. The highest BCUT2D eigenvalue weighted by molar-refractivity contribution is 8.00. The highest BCUT2D eigenvalue weighted by Crippen LogP contribution is 2.39. The molecule has 0 fully saturated rings. The number of aromatic nitrogens is 8. The maximum atomic E-state index is 6.54. The van der Waals surface area contributed by atoms with Crippen LogP contribution in [0.25, 0.3) is 102 Å². The third kappa shape index (κ3) is 15.2. The summed E-state index contributed by atoms with van der Waals surface area (Å²) in [5.74, 6) is 7.66. The molecule has 24 rings (SSSR count). The van der Waals surface area contributed by atoms with Gasteiger partial charge < -0.3 is 9.47 Å². The van der Waals surface area contributed by atoms with Crippen molar-refractivity contribution in [3.05, 3.63) is 498 Å². The van der Waals surface area contributed by atoms with Gasteiger partial charge in [-0.25, -0.2) is 29.9 Å². The van der Waals surface area contributed by atoms with Gasteiger partial charge in [0.1, 0.15) is 23.0 Å². The zero-order chi connectivity index (χ0) is 88.0. The van der Waals surface area contributed by atoms with Crippen LogP contribution in [0.5, 0.6) is 23.0 Å². The molecule has 624 valence electrons. The Hall–Kier alpha value is -16.3. The van der Waals surface area contributed by atoms with E-state index in [1.54, 1.807) is 0 Å². The molecule has 0 aliphatic carbocycles. The Bertz CT molecular complexity index is 7120. The van der Waals surface area contributed by atoms with E-state index < -0.39 is 24.2 Å². The summed E-state index contributed by atoms with van der Waals surface area (Å²) < 4.78 is 13.0. The third-order valence-electron chi connectivity index (χ3n) is 25.1. The van der Waals surface area contributed by atoms with Crippen LogP contribution >= 0.6 is 11.8 Å². The normalized spacial score (nSPS) is 13.0. The topological polar surface area (TPSA) is 122 Å². The van der Waals surface area contributed by atoms with E-state index in [1.165, 1.54) is 77.6 Å². The van der Waals surface area contributed by atoms with E-state index in [1.807, 2.05) is 146 Å². The molecule has 0 unspecified atom stereocenters. The second-order valence-corrected chi connectivity index (χ2v) is 45.0. The largest absolute Gasteiger partial charge is 0.458 e. The second-order valence-electron chi connectivity index (χ2n) is 32.7. The maximum absolute atomic E-state index is 6.54. The average Bonchev–Trinajstić information content (AvgIpc) is 0.722. The van der Waals surface area contributed by atoms with Gasteiger partial charge in [-0.15, -0.1) is 0 Å². The lowest BCUT2D eigenvalue weighted by Gasteiger charge is -2.40. The van der Waals surface area contributed by atoms with Crippen molar-refractivity contribution in [2.45, 2.75) is 9.79 Å². The Morgan fingerprint density at radius 3 is 0.758 bits per heavy atom. The molecule has 0 radical (unpaired) electrons. The Morgan fingerprint density at radius 1 is 0.167 bits per heavy atom. The molecule has 0 spiro atoms. The quantitative estimate of drug-likeness (QED) is 0.0912. The molecule has 14 heteroatoms. The first-order valence-electron chi connectivity index (χ1n) is 44.2. The van der Waals surface area contributed by atoms with E-state index in [2.05, 4.69) is 374 Å². The van der Waals surface area contributed by atoms with Crippen molar-refractivity contribution >= 4 is 98.2 Å². The number of nitrogens with zero attached hydrogens (tertiary/aromatic N) is 8. The molecule has 10 nitrogen and oxygen atoms in total. The van der Waals surface area contributed by atoms with Gasteiger partial charge in [-0.2, -0.15) is 0 Å². The summed E-state index contributed by atoms with van der Waals surface area (Å²) in [6.45, 7) is 0. The smallest absolute Gasteiger partial charge is 0.188 e. The Kier molecular flexibility index (Phi) is 22.2. The van der Waals surface area contributed by atoms with E-state index in [9.17, 15) is 0 Å². The van der Waals surface area contributed by atoms with Gasteiger partial charge in [0.15, 0.2) is 59.2 Å². The molecule has 4 aromatic heterocycles. The first kappa shape index (κ1) is 81.4. The molecular weight excluding hydrogens is 1680 g/mol. The van der Waals surface area contributed by atoms with Crippen molar-refractivity contribution in [2.24, 2.45) is 0 Å². The molecule has 3 aliphatic rings. The first-order chi connectivity index (χ1) is 65.4. The summed E-state index contributed by atoms with van der Waals surface area (Å²) >= 11 is 1.88. The molecule has 7 heterocycles. The van der Waals surface area contributed by atoms with E-state index >= 15 is 0 Å². The molecule has 0 bridgehead atoms. The van der Waals surface area contributed by atoms with Gasteiger partial charge in [0.25, 0.3) is 0 Å². The minimum Gasteiger partial charge on any atom is -0.458 e. The van der Waals surface area contributed by atoms with Crippen LogP contribution in [0.15, 0.2) is 508 Å². The lowest BCUT2D eigenvalue weighted by molar-refractivity contribution is 0.487. The molecule has 3 aliphatic heterocycles. The summed E-state index contributed by atoms with van der Waals surface area (Å²) in [5.41, 5.74) is 12.5. The van der Waals surface area contributed by atoms with Crippen LogP contribution in [-0.4, -0.2) is 64.1 Å². The van der Waals surface area contributed by atoms with Crippen LogP contribution in [0.3, 0.4) is 0 Å². The van der Waals surface area contributed by atoms with E-state index in [0.717, 1.165) is 84.2 Å². The van der Waals surface area contributed by atoms with Crippen molar-refractivity contribution in [3.63, 3.8) is 0 Å². The number of rotatable bonds is 15. The molecule has 0 N–H and O–H groups in total. The molecule has 17 aromatic carbocycles. The monoisotopic (exact) mass is 1760 g/mol. The SMILES string of the molecule is c1ccc(-c2nc(-c3ccccc3)nc(-c3ccc([Si]4(c5ccccc5)c5ccccc5Oc5ccccc54)cc3)n2)cc1.c1ccc(-c2nc(-c3ccccc3)nc(-c3cccc([Si]4(c5ccccc5)c5ccccc5Sc5ccccc54)c3)n2)cc1.c1ccc([Si]2(c3cccc(-c4cc(-c5cccnc5)cc(-c5cccnc5)c4)c3)c3ccccc3Oc3ccccc32)cc1. The van der Waals surface area contributed by atoms with Gasteiger partial charge in [-0.05, 0) is 151 Å². The molecule has 0 saturated heterocycles. The second kappa shape index (κ2) is 36.1. The standard InChI is InChI=1S/C40H28N2OSi.C39H27N3OSi.C39H27N3SSi/c1-2-14-35(15-3-1)44(39-19-6-4-17-37(39)43-38-18-5-7-20-40(38)44)36-16-8-11-29(26-36)32-23-33(30-12-9-21-41-27-30)25-34(24-32)31-13-10-22-42-28-31;1-4-14-28(15-5-1)37-40-38(29-16-6-2-7-17-29)42-39(41-37)30-24-26-32(27-25-30)44(31-18-8-3-9-19-31)35-22-12-10-20-33(35)43-34-21-11-13-23-36(34)44;1-4-15-28(16-5-1)37-40-38(29-17-6-2-7-18-29)42-39(41-37)30-19-14-22-32(27-30)44(31-20-8-3-9-21-31)35-25-12-10-23-33(35)43-34-24-11-13-26-36(34)44/h1-28H;2*1-27H. The van der Waals surface area contributed by atoms with Gasteiger partial charge >= 0.3 is 0 Å². The summed E-state index contributed by atoms with van der Waals surface area (Å²) in [4.78, 5) is 41.3. The number of pyridine rings is 2. The van der Waals surface area contributed by atoms with E-state index in [0.29, 0.717) is 34.9 Å². The zero-order valence-corrected chi connectivity index (χ0v) is 75.5. The van der Waals surface area contributed by atoms with Crippen LogP contribution in [0.2, 0.25) is 0 Å². The summed E-state index contributed by atoms with van der Waals surface area (Å²) in [7, 11) is -8.13. The molecule has 132 heavy (non-hydrogen) atoms. The van der Waals surface area contributed by atoms with Crippen molar-refractivity contribution in [1.82, 2.24) is 39.9 Å². The van der Waals surface area contributed by atoms with Gasteiger partial charge in [0.2, 0.25) is 0 Å². The van der Waals surface area contributed by atoms with Crippen molar-refractivity contribution < 1.29 is 9.47 Å². The Balaban J connectivity index is 0.000000116. The maximum Gasteiger partial charge on any atom is 0.188 e. The fraction of sp³-hybridized carbons (Fsp3) is 0. The Morgan fingerprint density at radius 2 is 0.409 bits per heavy atom. The Labute approximate surface area is 774 Å².